The molecule has 0 aliphatic carbocycles. The minimum absolute atomic E-state index is 0.102. The van der Waals surface area contributed by atoms with Crippen LogP contribution in [0.15, 0.2) is 78.9 Å². The van der Waals surface area contributed by atoms with Crippen molar-refractivity contribution in [2.75, 3.05) is 5.32 Å². The number of benzene rings is 3. The van der Waals surface area contributed by atoms with Crippen molar-refractivity contribution in [1.82, 2.24) is 4.98 Å². The normalized spacial score (nSPS) is 10.7. The van der Waals surface area contributed by atoms with Gasteiger partial charge in [-0.3, -0.25) is 4.79 Å². The van der Waals surface area contributed by atoms with Gasteiger partial charge in [0.1, 0.15) is 23.8 Å². The number of fused-ring (bicyclic) bond motifs is 1. The summed E-state index contributed by atoms with van der Waals surface area (Å²) in [4.78, 5) is 15.5. The van der Waals surface area contributed by atoms with E-state index in [9.17, 15) is 9.90 Å². The molecule has 5 nitrogen and oxygen atoms in total. The zero-order valence-electron chi connectivity index (χ0n) is 14.5. The number of nitrogens with one attached hydrogen (secondary N) is 2. The molecular weight excluding hydrogens is 340 g/mol. The predicted octanol–water partition coefficient (Wildman–Crippen LogP) is 4.70. The van der Waals surface area contributed by atoms with Crippen molar-refractivity contribution < 1.29 is 14.6 Å². The van der Waals surface area contributed by atoms with Crippen LogP contribution in [0.25, 0.3) is 10.9 Å². The van der Waals surface area contributed by atoms with Crippen LogP contribution in [0, 0.1) is 0 Å². The third-order valence-corrected chi connectivity index (χ3v) is 4.19. The lowest BCUT2D eigenvalue weighted by Gasteiger charge is -2.06. The number of phenols is 1. The van der Waals surface area contributed by atoms with Crippen molar-refractivity contribution in [2.24, 2.45) is 0 Å². The highest BCUT2D eigenvalue weighted by molar-refractivity contribution is 6.06. The second-order valence-corrected chi connectivity index (χ2v) is 6.21. The Kier molecular flexibility index (Phi) is 4.49. The molecule has 3 N–H and O–H groups in total. The average molecular weight is 358 g/mol. The second kappa shape index (κ2) is 7.25. The molecule has 0 unspecified atom stereocenters. The summed E-state index contributed by atoms with van der Waals surface area (Å²) in [5.74, 6) is 0.557. The van der Waals surface area contributed by atoms with Crippen LogP contribution in [0.1, 0.15) is 16.1 Å². The van der Waals surface area contributed by atoms with Gasteiger partial charge in [0.2, 0.25) is 0 Å². The van der Waals surface area contributed by atoms with Gasteiger partial charge in [-0.05, 0) is 35.9 Å². The summed E-state index contributed by atoms with van der Waals surface area (Å²) in [5, 5.41) is 13.2. The summed E-state index contributed by atoms with van der Waals surface area (Å²) in [5.41, 5.74) is 2.89. The van der Waals surface area contributed by atoms with E-state index in [1.807, 2.05) is 48.5 Å². The molecule has 0 saturated carbocycles. The zero-order chi connectivity index (χ0) is 18.6. The third kappa shape index (κ3) is 3.93. The number of hydrogen-bond acceptors (Lipinski definition) is 3. The number of carbonyl (C=O) groups excluding carboxylic acids is 1. The number of carbonyl (C=O) groups is 1. The number of amides is 1. The van der Waals surface area contributed by atoms with Crippen LogP contribution in [-0.4, -0.2) is 16.0 Å². The van der Waals surface area contributed by atoms with E-state index in [0.29, 0.717) is 18.0 Å². The van der Waals surface area contributed by atoms with Crippen molar-refractivity contribution in [3.63, 3.8) is 0 Å². The Labute approximate surface area is 156 Å². The highest BCUT2D eigenvalue weighted by Gasteiger charge is 2.11. The first-order valence-electron chi connectivity index (χ1n) is 8.57. The molecule has 0 spiro atoms. The third-order valence-electron chi connectivity index (χ3n) is 4.19. The Morgan fingerprint density at radius 2 is 1.81 bits per heavy atom. The van der Waals surface area contributed by atoms with Crippen LogP contribution < -0.4 is 10.1 Å². The molecule has 0 aliphatic heterocycles. The summed E-state index contributed by atoms with van der Waals surface area (Å²) in [7, 11) is 0. The standard InChI is InChI=1S/C22H18N2O3/c25-18-8-4-7-17(12-18)23-22(26)21-11-16-9-10-19(13-20(16)24-21)27-14-15-5-2-1-3-6-15/h1-13,24-25H,14H2,(H,23,26). The lowest BCUT2D eigenvalue weighted by Crippen LogP contribution is -2.11. The molecule has 0 fully saturated rings. The quantitative estimate of drug-likeness (QED) is 0.484. The molecule has 0 aliphatic rings. The van der Waals surface area contributed by atoms with Gasteiger partial charge in [-0.25, -0.2) is 0 Å². The van der Waals surface area contributed by atoms with Crippen LogP contribution >= 0.6 is 0 Å². The van der Waals surface area contributed by atoms with Gasteiger partial charge in [0.05, 0.1) is 0 Å². The van der Waals surface area contributed by atoms with E-state index in [4.69, 9.17) is 4.74 Å². The highest BCUT2D eigenvalue weighted by atomic mass is 16.5. The van der Waals surface area contributed by atoms with E-state index in [1.54, 1.807) is 24.3 Å². The molecule has 0 bridgehead atoms. The first-order chi connectivity index (χ1) is 13.2. The van der Waals surface area contributed by atoms with Crippen molar-refractivity contribution in [1.29, 1.82) is 0 Å². The number of phenolic OH excluding ortho intramolecular Hbond substituents is 1. The van der Waals surface area contributed by atoms with Crippen molar-refractivity contribution in [3.8, 4) is 11.5 Å². The second-order valence-electron chi connectivity index (χ2n) is 6.21. The van der Waals surface area contributed by atoms with E-state index in [-0.39, 0.29) is 11.7 Å². The minimum atomic E-state index is -0.274. The lowest BCUT2D eigenvalue weighted by molar-refractivity contribution is 0.102. The number of aromatic nitrogens is 1. The summed E-state index contributed by atoms with van der Waals surface area (Å²) in [6.45, 7) is 0.484. The fourth-order valence-electron chi connectivity index (χ4n) is 2.84. The van der Waals surface area contributed by atoms with Crippen LogP contribution in [0.4, 0.5) is 5.69 Å². The first-order valence-corrected chi connectivity index (χ1v) is 8.57. The fourth-order valence-corrected chi connectivity index (χ4v) is 2.84. The van der Waals surface area contributed by atoms with E-state index in [1.165, 1.54) is 6.07 Å². The molecule has 4 rings (SSSR count). The smallest absolute Gasteiger partial charge is 0.272 e. The molecule has 0 atom stereocenters. The molecule has 1 amide bonds. The Morgan fingerprint density at radius 1 is 0.963 bits per heavy atom. The van der Waals surface area contributed by atoms with Crippen molar-refractivity contribution >= 4 is 22.5 Å². The largest absolute Gasteiger partial charge is 0.508 e. The van der Waals surface area contributed by atoms with Crippen molar-refractivity contribution in [3.05, 3.63) is 90.1 Å². The summed E-state index contributed by atoms with van der Waals surface area (Å²) >= 11 is 0. The minimum Gasteiger partial charge on any atom is -0.508 e. The topological polar surface area (TPSA) is 74.3 Å². The first kappa shape index (κ1) is 16.7. The number of rotatable bonds is 5. The molecular formula is C22H18N2O3. The maximum Gasteiger partial charge on any atom is 0.272 e. The monoisotopic (exact) mass is 358 g/mol. The molecule has 4 aromatic rings. The van der Waals surface area contributed by atoms with E-state index < -0.39 is 0 Å². The number of H-pyrrole nitrogens is 1. The van der Waals surface area contributed by atoms with Crippen LogP contribution in [0.2, 0.25) is 0 Å². The fraction of sp³-hybridized carbons (Fsp3) is 0.0455. The summed E-state index contributed by atoms with van der Waals surface area (Å²) in [6.07, 6.45) is 0. The Hall–Kier alpha value is -3.73. The van der Waals surface area contributed by atoms with Gasteiger partial charge in [-0.2, -0.15) is 0 Å². The number of anilines is 1. The van der Waals surface area contributed by atoms with Gasteiger partial charge in [-0.1, -0.05) is 36.4 Å². The number of hydrogen-bond donors (Lipinski definition) is 3. The maximum atomic E-state index is 12.4. The molecule has 0 radical (unpaired) electrons. The summed E-state index contributed by atoms with van der Waals surface area (Å²) < 4.78 is 5.83. The van der Waals surface area contributed by atoms with E-state index >= 15 is 0 Å². The maximum absolute atomic E-state index is 12.4. The summed E-state index contributed by atoms with van der Waals surface area (Å²) in [6, 6.07) is 23.8. The molecule has 0 saturated heterocycles. The SMILES string of the molecule is O=C(Nc1cccc(O)c1)c1cc2ccc(OCc3ccccc3)cc2[nH]1. The zero-order valence-corrected chi connectivity index (χ0v) is 14.5. The van der Waals surface area contributed by atoms with Gasteiger partial charge in [-0.15, -0.1) is 0 Å². The predicted molar refractivity (Wildman–Crippen MR) is 105 cm³/mol. The number of ether oxygens (including phenoxy) is 1. The van der Waals surface area contributed by atoms with E-state index in [2.05, 4.69) is 10.3 Å². The van der Waals surface area contributed by atoms with Crippen LogP contribution in [0.5, 0.6) is 11.5 Å². The average Bonchev–Trinajstić information content (AvgIpc) is 3.11. The van der Waals surface area contributed by atoms with Gasteiger partial charge in [0.15, 0.2) is 0 Å². The molecule has 1 heterocycles. The Bertz CT molecular complexity index is 1090. The molecule has 134 valence electrons. The molecule has 3 aromatic carbocycles. The van der Waals surface area contributed by atoms with Gasteiger partial charge in [0.25, 0.3) is 5.91 Å². The molecule has 1 aromatic heterocycles. The molecule has 5 heteroatoms. The van der Waals surface area contributed by atoms with E-state index in [0.717, 1.165) is 22.2 Å². The Morgan fingerprint density at radius 3 is 2.63 bits per heavy atom. The number of aromatic hydroxyl groups is 1. The van der Waals surface area contributed by atoms with Crippen LogP contribution in [-0.2, 0) is 6.61 Å². The lowest BCUT2D eigenvalue weighted by atomic mass is 10.2. The number of aromatic amines is 1. The van der Waals surface area contributed by atoms with Crippen LogP contribution in [0.3, 0.4) is 0 Å². The highest BCUT2D eigenvalue weighted by Crippen LogP contribution is 2.23. The van der Waals surface area contributed by atoms with Crippen molar-refractivity contribution in [2.45, 2.75) is 6.61 Å². The van der Waals surface area contributed by atoms with Gasteiger partial charge < -0.3 is 20.1 Å². The Balaban J connectivity index is 1.49. The van der Waals surface area contributed by atoms with Gasteiger partial charge in [0, 0.05) is 28.7 Å². The molecule has 27 heavy (non-hydrogen) atoms. The van der Waals surface area contributed by atoms with Gasteiger partial charge >= 0.3 is 0 Å².